The zero-order chi connectivity index (χ0) is 7.56. The van der Waals surface area contributed by atoms with Gasteiger partial charge in [-0.25, -0.2) is 0 Å². The molecule has 1 aliphatic rings. The van der Waals surface area contributed by atoms with Gasteiger partial charge in [-0.3, -0.25) is 4.79 Å². The van der Waals surface area contributed by atoms with Gasteiger partial charge >= 0.3 is 0 Å². The molecule has 0 aromatic rings. The molecule has 0 radical (unpaired) electrons. The molecule has 0 spiro atoms. The van der Waals surface area contributed by atoms with E-state index in [0.29, 0.717) is 0 Å². The van der Waals surface area contributed by atoms with Crippen molar-refractivity contribution in [2.75, 3.05) is 6.26 Å². The van der Waals surface area contributed by atoms with Crippen LogP contribution in [0.2, 0.25) is 0 Å². The molecule has 0 aromatic heterocycles. The van der Waals surface area contributed by atoms with E-state index in [1.807, 2.05) is 13.2 Å². The number of hydrogen-bond acceptors (Lipinski definition) is 3. The minimum Gasteiger partial charge on any atom is -0.353 e. The SMILES string of the molecule is CCC1NC(SC)=NC1=O.I. The molecule has 64 valence electrons. The van der Waals surface area contributed by atoms with E-state index in [0.717, 1.165) is 11.6 Å². The van der Waals surface area contributed by atoms with Crippen molar-refractivity contribution in [1.82, 2.24) is 5.32 Å². The van der Waals surface area contributed by atoms with Crippen LogP contribution in [0.4, 0.5) is 0 Å². The summed E-state index contributed by atoms with van der Waals surface area (Å²) in [6.07, 6.45) is 2.71. The van der Waals surface area contributed by atoms with Gasteiger partial charge < -0.3 is 5.32 Å². The molecular weight excluding hydrogens is 275 g/mol. The Morgan fingerprint density at radius 1 is 1.73 bits per heavy atom. The van der Waals surface area contributed by atoms with Crippen molar-refractivity contribution in [1.29, 1.82) is 0 Å². The molecule has 1 rings (SSSR count). The van der Waals surface area contributed by atoms with Gasteiger partial charge in [-0.1, -0.05) is 18.7 Å². The Balaban J connectivity index is 0.000001000. The van der Waals surface area contributed by atoms with Crippen molar-refractivity contribution >= 4 is 46.8 Å². The third-order valence-electron chi connectivity index (χ3n) is 1.41. The van der Waals surface area contributed by atoms with E-state index in [2.05, 4.69) is 10.3 Å². The van der Waals surface area contributed by atoms with Crippen LogP contribution < -0.4 is 5.32 Å². The Morgan fingerprint density at radius 2 is 2.36 bits per heavy atom. The first-order chi connectivity index (χ1) is 4.77. The van der Waals surface area contributed by atoms with Crippen LogP contribution in [0, 0.1) is 0 Å². The molecule has 1 N–H and O–H groups in total. The Kier molecular flexibility index (Phi) is 5.07. The van der Waals surface area contributed by atoms with Crippen molar-refractivity contribution in [2.24, 2.45) is 4.99 Å². The monoisotopic (exact) mass is 286 g/mol. The Labute approximate surface area is 87.4 Å². The first-order valence-corrected chi connectivity index (χ1v) is 4.43. The van der Waals surface area contributed by atoms with Crippen molar-refractivity contribution in [3.63, 3.8) is 0 Å². The molecule has 1 aliphatic heterocycles. The summed E-state index contributed by atoms with van der Waals surface area (Å²) < 4.78 is 0. The Bertz CT molecular complexity index is 183. The maximum atomic E-state index is 10.9. The summed E-state index contributed by atoms with van der Waals surface area (Å²) in [6, 6.07) is -0.0672. The van der Waals surface area contributed by atoms with Gasteiger partial charge in [-0.2, -0.15) is 4.99 Å². The number of nitrogens with zero attached hydrogens (tertiary/aromatic N) is 1. The molecule has 11 heavy (non-hydrogen) atoms. The smallest absolute Gasteiger partial charge is 0.270 e. The highest BCUT2D eigenvalue weighted by molar-refractivity contribution is 14.0. The van der Waals surface area contributed by atoms with Gasteiger partial charge in [-0.15, -0.1) is 24.0 Å². The van der Waals surface area contributed by atoms with Crippen LogP contribution in [-0.2, 0) is 4.79 Å². The largest absolute Gasteiger partial charge is 0.353 e. The lowest BCUT2D eigenvalue weighted by Gasteiger charge is -2.03. The topological polar surface area (TPSA) is 41.5 Å². The quantitative estimate of drug-likeness (QED) is 0.737. The standard InChI is InChI=1S/C6H10N2OS.HI/c1-3-4-5(9)8-6(7-4)10-2;/h4H,3H2,1-2H3,(H,7,8,9);1H. The van der Waals surface area contributed by atoms with Crippen molar-refractivity contribution < 1.29 is 4.79 Å². The van der Waals surface area contributed by atoms with Gasteiger partial charge in [0.2, 0.25) is 0 Å². The van der Waals surface area contributed by atoms with Gasteiger partial charge in [0.25, 0.3) is 5.91 Å². The van der Waals surface area contributed by atoms with Crippen LogP contribution in [0.3, 0.4) is 0 Å². The number of carbonyl (C=O) groups is 1. The summed E-state index contributed by atoms with van der Waals surface area (Å²) in [6.45, 7) is 1.97. The fourth-order valence-electron chi connectivity index (χ4n) is 0.802. The average molecular weight is 286 g/mol. The highest BCUT2D eigenvalue weighted by Crippen LogP contribution is 2.08. The van der Waals surface area contributed by atoms with Crippen LogP contribution in [-0.4, -0.2) is 23.4 Å². The fraction of sp³-hybridized carbons (Fsp3) is 0.667. The number of hydrogen-bond donors (Lipinski definition) is 1. The fourth-order valence-corrected chi connectivity index (χ4v) is 1.24. The molecule has 0 saturated heterocycles. The van der Waals surface area contributed by atoms with Crippen LogP contribution in [0.1, 0.15) is 13.3 Å². The molecular formula is C6H11IN2OS. The average Bonchev–Trinajstić information content (AvgIpc) is 2.30. The van der Waals surface area contributed by atoms with Gasteiger partial charge in [0.05, 0.1) is 0 Å². The van der Waals surface area contributed by atoms with Gasteiger partial charge in [-0.05, 0) is 12.7 Å². The summed E-state index contributed by atoms with van der Waals surface area (Å²) in [5.41, 5.74) is 0. The molecule has 3 nitrogen and oxygen atoms in total. The lowest BCUT2D eigenvalue weighted by molar-refractivity contribution is -0.118. The van der Waals surface area contributed by atoms with Gasteiger partial charge in [0, 0.05) is 0 Å². The van der Waals surface area contributed by atoms with Crippen LogP contribution in [0.25, 0.3) is 0 Å². The van der Waals surface area contributed by atoms with E-state index < -0.39 is 0 Å². The second-order valence-corrected chi connectivity index (χ2v) is 2.86. The Morgan fingerprint density at radius 3 is 2.64 bits per heavy atom. The van der Waals surface area contributed by atoms with E-state index in [4.69, 9.17) is 0 Å². The number of nitrogens with one attached hydrogen (secondary N) is 1. The third kappa shape index (κ3) is 2.62. The molecule has 0 fully saturated rings. The summed E-state index contributed by atoms with van der Waals surface area (Å²) in [7, 11) is 0. The van der Waals surface area contributed by atoms with Crippen molar-refractivity contribution in [2.45, 2.75) is 19.4 Å². The first-order valence-electron chi connectivity index (χ1n) is 3.21. The second kappa shape index (κ2) is 4.97. The summed E-state index contributed by atoms with van der Waals surface area (Å²) in [4.78, 5) is 14.7. The van der Waals surface area contributed by atoms with Crippen LogP contribution >= 0.6 is 35.7 Å². The summed E-state index contributed by atoms with van der Waals surface area (Å²) >= 11 is 1.47. The van der Waals surface area contributed by atoms with Crippen LogP contribution in [0.15, 0.2) is 4.99 Å². The van der Waals surface area contributed by atoms with E-state index in [1.54, 1.807) is 0 Å². The highest BCUT2D eigenvalue weighted by atomic mass is 127. The van der Waals surface area contributed by atoms with Gasteiger partial charge in [0.1, 0.15) is 6.04 Å². The highest BCUT2D eigenvalue weighted by Gasteiger charge is 2.23. The predicted molar refractivity (Wildman–Crippen MR) is 58.6 cm³/mol. The van der Waals surface area contributed by atoms with E-state index >= 15 is 0 Å². The van der Waals surface area contributed by atoms with Crippen molar-refractivity contribution in [3.8, 4) is 0 Å². The molecule has 0 bridgehead atoms. The first kappa shape index (κ1) is 11.2. The molecule has 1 amide bonds. The van der Waals surface area contributed by atoms with Gasteiger partial charge in [0.15, 0.2) is 5.17 Å². The molecule has 5 heteroatoms. The molecule has 0 aliphatic carbocycles. The second-order valence-electron chi connectivity index (χ2n) is 2.06. The number of thioether (sulfide) groups is 1. The molecule has 1 atom stereocenters. The third-order valence-corrected chi connectivity index (χ3v) is 2.00. The predicted octanol–water partition coefficient (Wildman–Crippen LogP) is 1.23. The lowest BCUT2D eigenvalue weighted by Crippen LogP contribution is -2.30. The molecule has 0 saturated carbocycles. The molecule has 1 heterocycles. The molecule has 0 aromatic carbocycles. The molecule has 1 unspecified atom stereocenters. The van der Waals surface area contributed by atoms with Crippen molar-refractivity contribution in [3.05, 3.63) is 0 Å². The number of rotatable bonds is 1. The summed E-state index contributed by atoms with van der Waals surface area (Å²) in [5.74, 6) is -0.0353. The zero-order valence-electron chi connectivity index (χ0n) is 6.46. The van der Waals surface area contributed by atoms with E-state index in [9.17, 15) is 4.79 Å². The lowest BCUT2D eigenvalue weighted by atomic mass is 10.2. The van der Waals surface area contributed by atoms with E-state index in [1.165, 1.54) is 11.8 Å². The normalized spacial score (nSPS) is 22.2. The number of amidine groups is 1. The number of carbonyl (C=O) groups excluding carboxylic acids is 1. The summed E-state index contributed by atoms with van der Waals surface area (Å²) in [5, 5.41) is 3.75. The number of amides is 1. The maximum absolute atomic E-state index is 10.9. The maximum Gasteiger partial charge on any atom is 0.270 e. The minimum atomic E-state index is -0.0672. The van der Waals surface area contributed by atoms with Crippen LogP contribution in [0.5, 0.6) is 0 Å². The zero-order valence-corrected chi connectivity index (χ0v) is 9.60. The minimum absolute atomic E-state index is 0. The number of aliphatic imine (C=N–C) groups is 1. The number of halogens is 1. The van der Waals surface area contributed by atoms with E-state index in [-0.39, 0.29) is 35.9 Å². The Hall–Kier alpha value is 0.220.